The van der Waals surface area contributed by atoms with Gasteiger partial charge in [0, 0.05) is 16.3 Å². The first-order valence-electron chi connectivity index (χ1n) is 7.15. The Hall–Kier alpha value is -2.33. The van der Waals surface area contributed by atoms with E-state index >= 15 is 0 Å². The van der Waals surface area contributed by atoms with Crippen molar-refractivity contribution < 1.29 is 14.3 Å². The monoisotopic (exact) mass is 331 g/mol. The van der Waals surface area contributed by atoms with Crippen LogP contribution in [0, 0.1) is 0 Å². The average Bonchev–Trinajstić information content (AvgIpc) is 2.49. The summed E-state index contributed by atoms with van der Waals surface area (Å²) in [7, 11) is 0. The second-order valence-electron chi connectivity index (χ2n) is 5.66. The number of ketones is 1. The van der Waals surface area contributed by atoms with Crippen LogP contribution in [0.4, 0.5) is 5.69 Å². The second kappa shape index (κ2) is 6.84. The molecule has 0 aliphatic heterocycles. The third-order valence-electron chi connectivity index (χ3n) is 3.26. The van der Waals surface area contributed by atoms with Crippen molar-refractivity contribution in [3.63, 3.8) is 0 Å². The van der Waals surface area contributed by atoms with Crippen LogP contribution in [0.3, 0.4) is 0 Å². The Bertz CT molecular complexity index is 723. The van der Waals surface area contributed by atoms with Crippen molar-refractivity contribution in [1.82, 2.24) is 0 Å². The standard InChI is InChI=1S/C18H18ClNO3/c1-12(21)13-5-4-6-15(11-13)20-17(22)18(2,3)23-16-9-7-14(19)8-10-16/h4-11H,1-3H3,(H,20,22). The number of carbonyl (C=O) groups excluding carboxylic acids is 2. The van der Waals surface area contributed by atoms with E-state index < -0.39 is 5.60 Å². The lowest BCUT2D eigenvalue weighted by molar-refractivity contribution is -0.128. The summed E-state index contributed by atoms with van der Waals surface area (Å²) in [6, 6.07) is 13.6. The highest BCUT2D eigenvalue weighted by Crippen LogP contribution is 2.22. The van der Waals surface area contributed by atoms with Gasteiger partial charge in [-0.3, -0.25) is 9.59 Å². The first-order chi connectivity index (χ1) is 10.8. The summed E-state index contributed by atoms with van der Waals surface area (Å²) >= 11 is 5.83. The van der Waals surface area contributed by atoms with Crippen LogP contribution < -0.4 is 10.1 Å². The number of benzene rings is 2. The van der Waals surface area contributed by atoms with E-state index in [1.807, 2.05) is 0 Å². The Kier molecular flexibility index (Phi) is 5.06. The van der Waals surface area contributed by atoms with Crippen molar-refractivity contribution in [2.24, 2.45) is 0 Å². The molecule has 0 radical (unpaired) electrons. The minimum absolute atomic E-state index is 0.0576. The Morgan fingerprint density at radius 3 is 2.35 bits per heavy atom. The van der Waals surface area contributed by atoms with Crippen molar-refractivity contribution in [1.29, 1.82) is 0 Å². The Morgan fingerprint density at radius 2 is 1.74 bits per heavy atom. The fourth-order valence-electron chi connectivity index (χ4n) is 1.94. The lowest BCUT2D eigenvalue weighted by atomic mass is 10.1. The number of hydrogen-bond acceptors (Lipinski definition) is 3. The van der Waals surface area contributed by atoms with Gasteiger partial charge in [0.15, 0.2) is 11.4 Å². The summed E-state index contributed by atoms with van der Waals surface area (Å²) in [6.45, 7) is 4.83. The van der Waals surface area contributed by atoms with E-state index in [1.54, 1.807) is 62.4 Å². The molecule has 1 amide bonds. The van der Waals surface area contributed by atoms with Crippen LogP contribution in [-0.2, 0) is 4.79 Å². The molecule has 0 heterocycles. The van der Waals surface area contributed by atoms with Crippen LogP contribution in [-0.4, -0.2) is 17.3 Å². The molecule has 0 saturated heterocycles. The van der Waals surface area contributed by atoms with Crippen molar-refractivity contribution in [2.75, 3.05) is 5.32 Å². The number of Topliss-reactive ketones (excluding diaryl/α,β-unsaturated/α-hetero) is 1. The van der Waals surface area contributed by atoms with E-state index in [1.165, 1.54) is 6.92 Å². The minimum Gasteiger partial charge on any atom is -0.478 e. The largest absolute Gasteiger partial charge is 0.478 e. The molecule has 0 unspecified atom stereocenters. The van der Waals surface area contributed by atoms with Gasteiger partial charge < -0.3 is 10.1 Å². The van der Waals surface area contributed by atoms with Crippen molar-refractivity contribution in [2.45, 2.75) is 26.4 Å². The summed E-state index contributed by atoms with van der Waals surface area (Å²) < 4.78 is 5.73. The van der Waals surface area contributed by atoms with E-state index in [0.29, 0.717) is 22.0 Å². The van der Waals surface area contributed by atoms with Gasteiger partial charge in [0.25, 0.3) is 5.91 Å². The summed E-state index contributed by atoms with van der Waals surface area (Å²) in [5, 5.41) is 3.36. The molecule has 0 aliphatic rings. The highest BCUT2D eigenvalue weighted by Gasteiger charge is 2.30. The third-order valence-corrected chi connectivity index (χ3v) is 3.51. The van der Waals surface area contributed by atoms with Crippen LogP contribution in [0.25, 0.3) is 0 Å². The number of amides is 1. The predicted octanol–water partition coefficient (Wildman–Crippen LogP) is 4.34. The fourth-order valence-corrected chi connectivity index (χ4v) is 2.07. The molecule has 23 heavy (non-hydrogen) atoms. The number of rotatable bonds is 5. The number of hydrogen-bond donors (Lipinski definition) is 1. The summed E-state index contributed by atoms with van der Waals surface area (Å²) in [5.41, 5.74) is 0.00905. The maximum absolute atomic E-state index is 12.4. The molecule has 2 rings (SSSR count). The normalized spacial score (nSPS) is 11.0. The van der Waals surface area contributed by atoms with Gasteiger partial charge in [-0.15, -0.1) is 0 Å². The SMILES string of the molecule is CC(=O)c1cccc(NC(=O)C(C)(C)Oc2ccc(Cl)cc2)c1. The highest BCUT2D eigenvalue weighted by molar-refractivity contribution is 6.30. The molecular weight excluding hydrogens is 314 g/mol. The van der Waals surface area contributed by atoms with Crippen LogP contribution in [0.5, 0.6) is 5.75 Å². The Morgan fingerprint density at radius 1 is 1.09 bits per heavy atom. The van der Waals surface area contributed by atoms with Crippen molar-refractivity contribution >= 4 is 29.0 Å². The van der Waals surface area contributed by atoms with Crippen molar-refractivity contribution in [3.8, 4) is 5.75 Å². The van der Waals surface area contributed by atoms with Gasteiger partial charge in [0.1, 0.15) is 5.75 Å². The third kappa shape index (κ3) is 4.57. The van der Waals surface area contributed by atoms with E-state index in [0.717, 1.165) is 0 Å². The van der Waals surface area contributed by atoms with Gasteiger partial charge in [-0.25, -0.2) is 0 Å². The molecule has 120 valence electrons. The Balaban J connectivity index is 2.10. The molecule has 5 heteroatoms. The van der Waals surface area contributed by atoms with E-state index in [9.17, 15) is 9.59 Å². The second-order valence-corrected chi connectivity index (χ2v) is 6.09. The molecule has 0 fully saturated rings. The maximum Gasteiger partial charge on any atom is 0.267 e. The highest BCUT2D eigenvalue weighted by atomic mass is 35.5. The van der Waals surface area contributed by atoms with Gasteiger partial charge >= 0.3 is 0 Å². The molecule has 0 spiro atoms. The quantitative estimate of drug-likeness (QED) is 0.829. The summed E-state index contributed by atoms with van der Waals surface area (Å²) in [5.74, 6) is 0.179. The number of ether oxygens (including phenoxy) is 1. The molecule has 1 N–H and O–H groups in total. The maximum atomic E-state index is 12.4. The smallest absolute Gasteiger partial charge is 0.267 e. The fraction of sp³-hybridized carbons (Fsp3) is 0.222. The van der Waals surface area contributed by atoms with E-state index in [-0.39, 0.29) is 11.7 Å². The molecular formula is C18H18ClNO3. The van der Waals surface area contributed by atoms with Gasteiger partial charge in [-0.1, -0.05) is 23.7 Å². The van der Waals surface area contributed by atoms with Crippen LogP contribution in [0.2, 0.25) is 5.02 Å². The number of halogens is 1. The van der Waals surface area contributed by atoms with E-state index in [2.05, 4.69) is 5.32 Å². The number of anilines is 1. The Labute approximate surface area is 140 Å². The number of nitrogens with one attached hydrogen (secondary N) is 1. The predicted molar refractivity (Wildman–Crippen MR) is 91.2 cm³/mol. The summed E-state index contributed by atoms with van der Waals surface area (Å²) in [6.07, 6.45) is 0. The van der Waals surface area contributed by atoms with E-state index in [4.69, 9.17) is 16.3 Å². The summed E-state index contributed by atoms with van der Waals surface area (Å²) in [4.78, 5) is 23.8. The molecule has 4 nitrogen and oxygen atoms in total. The zero-order valence-corrected chi connectivity index (χ0v) is 14.0. The lowest BCUT2D eigenvalue weighted by Crippen LogP contribution is -2.42. The molecule has 0 aliphatic carbocycles. The van der Waals surface area contributed by atoms with Crippen molar-refractivity contribution in [3.05, 3.63) is 59.1 Å². The van der Waals surface area contributed by atoms with Crippen LogP contribution in [0.1, 0.15) is 31.1 Å². The zero-order valence-electron chi connectivity index (χ0n) is 13.2. The number of carbonyl (C=O) groups is 2. The lowest BCUT2D eigenvalue weighted by Gasteiger charge is -2.25. The molecule has 2 aromatic carbocycles. The van der Waals surface area contributed by atoms with Gasteiger partial charge in [-0.2, -0.15) is 0 Å². The molecule has 0 atom stereocenters. The van der Waals surface area contributed by atoms with Crippen LogP contribution >= 0.6 is 11.6 Å². The van der Waals surface area contributed by atoms with Gasteiger partial charge in [0.05, 0.1) is 0 Å². The average molecular weight is 332 g/mol. The molecule has 0 aromatic heterocycles. The van der Waals surface area contributed by atoms with Crippen LogP contribution in [0.15, 0.2) is 48.5 Å². The first kappa shape index (κ1) is 17.0. The molecule has 0 saturated carbocycles. The topological polar surface area (TPSA) is 55.4 Å². The first-order valence-corrected chi connectivity index (χ1v) is 7.53. The zero-order chi connectivity index (χ0) is 17.0. The molecule has 0 bridgehead atoms. The minimum atomic E-state index is -1.08. The molecule has 2 aromatic rings. The van der Waals surface area contributed by atoms with Gasteiger partial charge in [0.2, 0.25) is 0 Å². The van der Waals surface area contributed by atoms with Gasteiger partial charge in [-0.05, 0) is 57.2 Å².